The SMILES string of the molecule is Cc1nn(-c2ccccc2)c(C)c1/C=C/C(=O)O[C@H]1CCCCC1=O. The third kappa shape index (κ3) is 3.87. The van der Waals surface area contributed by atoms with Crippen LogP contribution in [0.3, 0.4) is 0 Å². The Bertz CT molecular complexity index is 806. The zero-order valence-electron chi connectivity index (χ0n) is 14.6. The summed E-state index contributed by atoms with van der Waals surface area (Å²) < 4.78 is 7.15. The van der Waals surface area contributed by atoms with Crippen LogP contribution in [0.1, 0.15) is 42.6 Å². The fourth-order valence-electron chi connectivity index (χ4n) is 3.12. The van der Waals surface area contributed by atoms with Gasteiger partial charge >= 0.3 is 5.97 Å². The quantitative estimate of drug-likeness (QED) is 0.632. The van der Waals surface area contributed by atoms with Gasteiger partial charge in [0.15, 0.2) is 11.9 Å². The number of ketones is 1. The predicted octanol–water partition coefficient (Wildman–Crippen LogP) is 3.56. The van der Waals surface area contributed by atoms with E-state index in [0.717, 1.165) is 35.5 Å². The van der Waals surface area contributed by atoms with Crippen LogP contribution in [0.4, 0.5) is 0 Å². The van der Waals surface area contributed by atoms with Crippen molar-refractivity contribution in [2.45, 2.75) is 45.6 Å². The van der Waals surface area contributed by atoms with Crippen LogP contribution in [0.2, 0.25) is 0 Å². The molecule has 1 saturated carbocycles. The van der Waals surface area contributed by atoms with Gasteiger partial charge in [-0.3, -0.25) is 4.79 Å². The summed E-state index contributed by atoms with van der Waals surface area (Å²) in [4.78, 5) is 23.8. The first-order valence-electron chi connectivity index (χ1n) is 8.59. The molecule has 0 bridgehead atoms. The first-order chi connectivity index (χ1) is 12.1. The summed E-state index contributed by atoms with van der Waals surface area (Å²) in [6.07, 6.45) is 5.46. The van der Waals surface area contributed by atoms with Gasteiger partial charge in [-0.25, -0.2) is 9.48 Å². The lowest BCUT2D eigenvalue weighted by Crippen LogP contribution is -2.29. The smallest absolute Gasteiger partial charge is 0.331 e. The Morgan fingerprint density at radius 1 is 1.24 bits per heavy atom. The number of esters is 1. The summed E-state index contributed by atoms with van der Waals surface area (Å²) in [5.41, 5.74) is 3.63. The van der Waals surface area contributed by atoms with Gasteiger partial charge in [0.25, 0.3) is 0 Å². The largest absolute Gasteiger partial charge is 0.451 e. The summed E-state index contributed by atoms with van der Waals surface area (Å²) in [6, 6.07) is 9.84. The maximum Gasteiger partial charge on any atom is 0.331 e. The van der Waals surface area contributed by atoms with Crippen LogP contribution < -0.4 is 0 Å². The van der Waals surface area contributed by atoms with Crippen molar-refractivity contribution < 1.29 is 14.3 Å². The lowest BCUT2D eigenvalue weighted by molar-refractivity contribution is -0.152. The average molecular weight is 338 g/mol. The van der Waals surface area contributed by atoms with Crippen molar-refractivity contribution in [1.82, 2.24) is 9.78 Å². The van der Waals surface area contributed by atoms with Crippen LogP contribution in [0.15, 0.2) is 36.4 Å². The monoisotopic (exact) mass is 338 g/mol. The molecule has 3 rings (SSSR count). The van der Waals surface area contributed by atoms with Gasteiger partial charge in [0.1, 0.15) is 0 Å². The standard InChI is InChI=1S/C20H22N2O3/c1-14-17(15(2)22(21-14)16-8-4-3-5-9-16)12-13-20(24)25-19-11-7-6-10-18(19)23/h3-5,8-9,12-13,19H,6-7,10-11H2,1-2H3/b13-12+/t19-/m0/s1. The normalized spacial score (nSPS) is 17.8. The molecule has 1 heterocycles. The third-order valence-corrected chi connectivity index (χ3v) is 4.49. The molecule has 0 aliphatic heterocycles. The number of ether oxygens (including phenoxy) is 1. The maximum absolute atomic E-state index is 12.0. The highest BCUT2D eigenvalue weighted by Gasteiger charge is 2.25. The molecule has 5 heteroatoms. The van der Waals surface area contributed by atoms with Gasteiger partial charge in [-0.1, -0.05) is 18.2 Å². The lowest BCUT2D eigenvalue weighted by Gasteiger charge is -2.19. The number of hydrogen-bond donors (Lipinski definition) is 0. The van der Waals surface area contributed by atoms with Gasteiger partial charge in [-0.05, 0) is 51.3 Å². The Morgan fingerprint density at radius 2 is 2.00 bits per heavy atom. The molecule has 0 radical (unpaired) electrons. The van der Waals surface area contributed by atoms with E-state index in [-0.39, 0.29) is 5.78 Å². The molecule has 130 valence electrons. The van der Waals surface area contributed by atoms with Crippen LogP contribution in [0, 0.1) is 13.8 Å². The molecule has 1 fully saturated rings. The number of hydrogen-bond acceptors (Lipinski definition) is 4. The van der Waals surface area contributed by atoms with Gasteiger partial charge < -0.3 is 4.74 Å². The summed E-state index contributed by atoms with van der Waals surface area (Å²) in [7, 11) is 0. The van der Waals surface area contributed by atoms with Crippen LogP contribution >= 0.6 is 0 Å². The number of para-hydroxylation sites is 1. The van der Waals surface area contributed by atoms with E-state index in [0.29, 0.717) is 12.8 Å². The summed E-state index contributed by atoms with van der Waals surface area (Å²) in [6.45, 7) is 3.87. The molecule has 0 saturated heterocycles. The summed E-state index contributed by atoms with van der Waals surface area (Å²) in [5, 5.41) is 4.55. The van der Waals surface area contributed by atoms with E-state index >= 15 is 0 Å². The molecular weight excluding hydrogens is 316 g/mol. The Kier molecular flexibility index (Phi) is 5.12. The van der Waals surface area contributed by atoms with Crippen molar-refractivity contribution in [3.05, 3.63) is 53.4 Å². The van der Waals surface area contributed by atoms with Crippen LogP contribution in [-0.2, 0) is 14.3 Å². The molecule has 0 N–H and O–H groups in total. The lowest BCUT2D eigenvalue weighted by atomic mass is 9.96. The van der Waals surface area contributed by atoms with Crippen LogP contribution in [0.25, 0.3) is 11.8 Å². The van der Waals surface area contributed by atoms with Crippen molar-refractivity contribution in [1.29, 1.82) is 0 Å². The third-order valence-electron chi connectivity index (χ3n) is 4.49. The molecule has 1 aliphatic rings. The maximum atomic E-state index is 12.0. The molecule has 0 unspecified atom stereocenters. The molecule has 1 atom stereocenters. The minimum Gasteiger partial charge on any atom is -0.451 e. The van der Waals surface area contributed by atoms with E-state index in [2.05, 4.69) is 5.10 Å². The Balaban J connectivity index is 1.74. The number of aryl methyl sites for hydroxylation is 1. The van der Waals surface area contributed by atoms with E-state index in [9.17, 15) is 9.59 Å². The van der Waals surface area contributed by atoms with E-state index < -0.39 is 12.1 Å². The topological polar surface area (TPSA) is 61.2 Å². The molecule has 5 nitrogen and oxygen atoms in total. The molecule has 25 heavy (non-hydrogen) atoms. The second kappa shape index (κ2) is 7.47. The van der Waals surface area contributed by atoms with Gasteiger partial charge in [-0.2, -0.15) is 5.10 Å². The molecule has 0 amide bonds. The number of carbonyl (C=O) groups excluding carboxylic acids is 2. The van der Waals surface area contributed by atoms with Crippen molar-refractivity contribution in [3.63, 3.8) is 0 Å². The number of aromatic nitrogens is 2. The van der Waals surface area contributed by atoms with Crippen molar-refractivity contribution in [2.75, 3.05) is 0 Å². The Morgan fingerprint density at radius 3 is 2.72 bits per heavy atom. The van der Waals surface area contributed by atoms with Crippen LogP contribution in [0.5, 0.6) is 0 Å². The van der Waals surface area contributed by atoms with Crippen molar-refractivity contribution in [3.8, 4) is 5.69 Å². The minimum atomic E-state index is -0.583. The van der Waals surface area contributed by atoms with E-state index in [1.807, 2.05) is 48.9 Å². The molecule has 1 aromatic heterocycles. The molecule has 2 aromatic rings. The Hall–Kier alpha value is -2.69. The number of carbonyl (C=O) groups is 2. The number of Topliss-reactive ketones (excluding diaryl/α,β-unsaturated/α-hetero) is 1. The predicted molar refractivity (Wildman–Crippen MR) is 95.4 cm³/mol. The molecule has 0 spiro atoms. The molecular formula is C20H22N2O3. The first-order valence-corrected chi connectivity index (χ1v) is 8.59. The number of benzene rings is 1. The van der Waals surface area contributed by atoms with Crippen LogP contribution in [-0.4, -0.2) is 27.6 Å². The highest BCUT2D eigenvalue weighted by atomic mass is 16.5. The second-order valence-corrected chi connectivity index (χ2v) is 6.30. The van der Waals surface area contributed by atoms with Gasteiger partial charge in [-0.15, -0.1) is 0 Å². The van der Waals surface area contributed by atoms with E-state index in [4.69, 9.17) is 4.74 Å². The van der Waals surface area contributed by atoms with E-state index in [1.165, 1.54) is 6.08 Å². The highest BCUT2D eigenvalue weighted by Crippen LogP contribution is 2.20. The average Bonchev–Trinajstić information content (AvgIpc) is 2.90. The van der Waals surface area contributed by atoms with E-state index in [1.54, 1.807) is 6.08 Å². The van der Waals surface area contributed by atoms with Crippen molar-refractivity contribution in [2.24, 2.45) is 0 Å². The number of rotatable bonds is 4. The zero-order valence-corrected chi connectivity index (χ0v) is 14.6. The molecule has 1 aromatic carbocycles. The highest BCUT2D eigenvalue weighted by molar-refractivity contribution is 5.91. The van der Waals surface area contributed by atoms with Gasteiger partial charge in [0.2, 0.25) is 0 Å². The van der Waals surface area contributed by atoms with Gasteiger partial charge in [0, 0.05) is 23.8 Å². The minimum absolute atomic E-state index is 0.0252. The summed E-state index contributed by atoms with van der Waals surface area (Å²) >= 11 is 0. The molecule has 1 aliphatic carbocycles. The fraction of sp³-hybridized carbons (Fsp3) is 0.350. The fourth-order valence-corrected chi connectivity index (χ4v) is 3.12. The number of nitrogens with zero attached hydrogens (tertiary/aromatic N) is 2. The second-order valence-electron chi connectivity index (χ2n) is 6.30. The Labute approximate surface area is 147 Å². The van der Waals surface area contributed by atoms with Gasteiger partial charge in [0.05, 0.1) is 11.4 Å². The van der Waals surface area contributed by atoms with Crippen molar-refractivity contribution >= 4 is 17.8 Å². The first kappa shape index (κ1) is 17.1. The zero-order chi connectivity index (χ0) is 17.8. The summed E-state index contributed by atoms with van der Waals surface area (Å²) in [5.74, 6) is -0.455.